The number of carbonyl (C=O) groups is 1. The van der Waals surface area contributed by atoms with Crippen molar-refractivity contribution in [2.24, 2.45) is 4.99 Å². The first-order valence-corrected chi connectivity index (χ1v) is 13.0. The summed E-state index contributed by atoms with van der Waals surface area (Å²) < 4.78 is 5.13. The van der Waals surface area contributed by atoms with E-state index >= 15 is 0 Å². The van der Waals surface area contributed by atoms with E-state index in [0.717, 1.165) is 49.1 Å². The van der Waals surface area contributed by atoms with Gasteiger partial charge < -0.3 is 14.8 Å². The molecule has 0 bridgehead atoms. The molecule has 0 fully saturated rings. The van der Waals surface area contributed by atoms with Gasteiger partial charge >= 0.3 is 5.97 Å². The van der Waals surface area contributed by atoms with Crippen molar-refractivity contribution < 1.29 is 14.6 Å². The summed E-state index contributed by atoms with van der Waals surface area (Å²) in [6, 6.07) is 23.4. The summed E-state index contributed by atoms with van der Waals surface area (Å²) in [5, 5.41) is 11.7. The first-order chi connectivity index (χ1) is 18.0. The highest BCUT2D eigenvalue weighted by Gasteiger charge is 2.20. The smallest absolute Gasteiger partial charge is 0.338 e. The first kappa shape index (κ1) is 26.2. The van der Waals surface area contributed by atoms with Crippen molar-refractivity contribution in [2.75, 3.05) is 19.7 Å². The van der Waals surface area contributed by atoms with Crippen LogP contribution < -0.4 is 0 Å². The van der Waals surface area contributed by atoms with Gasteiger partial charge in [-0.05, 0) is 62.7 Å². The maximum atomic E-state index is 12.2. The van der Waals surface area contributed by atoms with Crippen molar-refractivity contribution in [2.45, 2.75) is 40.2 Å². The standard InChI is InChI=1S/C31H35N3O3/c1-4-18-34(19-5-2)21-22-12-15-25(16-13-22)32-29(23-10-8-7-9-11-23)28-26-17-14-24(31(36)37-6-3)20-27(26)33-30(28)35/h7-17,20,33,35H,4-6,18-19,21H2,1-3H3. The van der Waals surface area contributed by atoms with Crippen molar-refractivity contribution >= 4 is 28.3 Å². The largest absolute Gasteiger partial charge is 0.494 e. The summed E-state index contributed by atoms with van der Waals surface area (Å²) in [4.78, 5) is 22.7. The lowest BCUT2D eigenvalue weighted by atomic mass is 10.00. The Bertz CT molecular complexity index is 1350. The van der Waals surface area contributed by atoms with Crippen LogP contribution in [0.15, 0.2) is 77.8 Å². The minimum Gasteiger partial charge on any atom is -0.494 e. The minimum atomic E-state index is -0.395. The second-order valence-electron chi connectivity index (χ2n) is 9.10. The lowest BCUT2D eigenvalue weighted by Crippen LogP contribution is -2.24. The highest BCUT2D eigenvalue weighted by Crippen LogP contribution is 2.32. The van der Waals surface area contributed by atoms with Gasteiger partial charge in [0, 0.05) is 23.0 Å². The Kier molecular flexibility index (Phi) is 8.75. The zero-order valence-corrected chi connectivity index (χ0v) is 21.8. The average Bonchev–Trinajstić information content (AvgIpc) is 3.24. The second kappa shape index (κ2) is 12.4. The van der Waals surface area contributed by atoms with Gasteiger partial charge in [-0.25, -0.2) is 9.79 Å². The Morgan fingerprint density at radius 1 is 0.919 bits per heavy atom. The lowest BCUT2D eigenvalue weighted by Gasteiger charge is -2.21. The second-order valence-corrected chi connectivity index (χ2v) is 9.10. The van der Waals surface area contributed by atoms with E-state index < -0.39 is 5.97 Å². The molecule has 0 aliphatic heterocycles. The number of hydrogen-bond acceptors (Lipinski definition) is 5. The summed E-state index contributed by atoms with van der Waals surface area (Å²) >= 11 is 0. The zero-order chi connectivity index (χ0) is 26.2. The summed E-state index contributed by atoms with van der Waals surface area (Å²) in [5.74, 6) is -0.390. The monoisotopic (exact) mass is 497 g/mol. The van der Waals surface area contributed by atoms with Crippen LogP contribution in [-0.2, 0) is 11.3 Å². The number of esters is 1. The molecule has 6 nitrogen and oxygen atoms in total. The molecule has 192 valence electrons. The SMILES string of the molecule is CCCN(CCC)Cc1ccc(N=C(c2ccccc2)c2c(O)[nH]c3cc(C(=O)OCC)ccc23)cc1. The Hall–Kier alpha value is -3.90. The minimum absolute atomic E-state index is 0.00463. The number of carbonyl (C=O) groups excluding carboxylic acids is 1. The van der Waals surface area contributed by atoms with Crippen molar-refractivity contribution in [3.8, 4) is 5.88 Å². The molecule has 4 aromatic rings. The van der Waals surface area contributed by atoms with Crippen LogP contribution in [0.4, 0.5) is 5.69 Å². The van der Waals surface area contributed by atoms with Gasteiger partial charge in [0.1, 0.15) is 0 Å². The Morgan fingerprint density at radius 3 is 2.27 bits per heavy atom. The van der Waals surface area contributed by atoms with Crippen molar-refractivity contribution in [1.29, 1.82) is 0 Å². The summed E-state index contributed by atoms with van der Waals surface area (Å²) in [5.41, 5.74) is 5.26. The maximum Gasteiger partial charge on any atom is 0.338 e. The fraction of sp³-hybridized carbons (Fsp3) is 0.290. The summed E-state index contributed by atoms with van der Waals surface area (Å²) in [6.45, 7) is 9.59. The number of aromatic nitrogens is 1. The third kappa shape index (κ3) is 6.27. The molecule has 37 heavy (non-hydrogen) atoms. The van der Waals surface area contributed by atoms with Crippen LogP contribution in [0.3, 0.4) is 0 Å². The van der Waals surface area contributed by atoms with Gasteiger partial charge in [-0.1, -0.05) is 62.4 Å². The van der Waals surface area contributed by atoms with Gasteiger partial charge in [0.2, 0.25) is 0 Å². The number of hydrogen-bond donors (Lipinski definition) is 2. The van der Waals surface area contributed by atoms with Crippen LogP contribution in [0.2, 0.25) is 0 Å². The number of aliphatic imine (C=N–C) groups is 1. The topological polar surface area (TPSA) is 77.9 Å². The molecule has 0 saturated heterocycles. The van der Waals surface area contributed by atoms with Crippen LogP contribution in [-0.4, -0.2) is 46.4 Å². The molecule has 0 amide bonds. The number of fused-ring (bicyclic) bond motifs is 1. The molecule has 6 heteroatoms. The van der Waals surface area contributed by atoms with E-state index in [1.165, 1.54) is 5.56 Å². The van der Waals surface area contributed by atoms with Crippen molar-refractivity contribution in [1.82, 2.24) is 9.88 Å². The molecule has 0 spiro atoms. The van der Waals surface area contributed by atoms with Gasteiger partial charge in [-0.3, -0.25) is 4.90 Å². The maximum absolute atomic E-state index is 12.2. The molecule has 1 aromatic heterocycles. The number of nitrogens with one attached hydrogen (secondary N) is 1. The molecular weight excluding hydrogens is 462 g/mol. The zero-order valence-electron chi connectivity index (χ0n) is 21.8. The van der Waals surface area contributed by atoms with Gasteiger partial charge in [0.05, 0.1) is 29.1 Å². The molecule has 0 radical (unpaired) electrons. The van der Waals surface area contributed by atoms with Crippen LogP contribution in [0.1, 0.15) is 60.7 Å². The number of benzene rings is 3. The van der Waals surface area contributed by atoms with Crippen LogP contribution >= 0.6 is 0 Å². The molecule has 0 atom stereocenters. The average molecular weight is 498 g/mol. The molecule has 0 aliphatic rings. The number of nitrogens with zero attached hydrogens (tertiary/aromatic N) is 2. The van der Waals surface area contributed by atoms with E-state index in [1.54, 1.807) is 19.1 Å². The molecule has 4 rings (SSSR count). The number of H-pyrrole nitrogens is 1. The van der Waals surface area contributed by atoms with Crippen LogP contribution in [0, 0.1) is 0 Å². The van der Waals surface area contributed by atoms with Gasteiger partial charge in [0.15, 0.2) is 5.88 Å². The van der Waals surface area contributed by atoms with E-state index in [9.17, 15) is 9.90 Å². The summed E-state index contributed by atoms with van der Waals surface area (Å²) in [6.07, 6.45) is 2.27. The normalized spacial score (nSPS) is 11.8. The van der Waals surface area contributed by atoms with E-state index in [-0.39, 0.29) is 5.88 Å². The van der Waals surface area contributed by atoms with Gasteiger partial charge in [-0.15, -0.1) is 0 Å². The van der Waals surface area contributed by atoms with E-state index in [0.29, 0.717) is 29.0 Å². The lowest BCUT2D eigenvalue weighted by molar-refractivity contribution is 0.0526. The number of aromatic amines is 1. The Morgan fingerprint density at radius 2 is 1.62 bits per heavy atom. The van der Waals surface area contributed by atoms with E-state index in [4.69, 9.17) is 9.73 Å². The third-order valence-corrected chi connectivity index (χ3v) is 6.24. The quantitative estimate of drug-likeness (QED) is 0.176. The molecular formula is C31H35N3O3. The highest BCUT2D eigenvalue weighted by molar-refractivity contribution is 6.22. The molecule has 3 aromatic carbocycles. The fourth-order valence-corrected chi connectivity index (χ4v) is 4.59. The third-order valence-electron chi connectivity index (χ3n) is 6.24. The molecule has 0 saturated carbocycles. The molecule has 1 heterocycles. The molecule has 0 unspecified atom stereocenters. The Balaban J connectivity index is 1.73. The number of rotatable bonds is 11. The van der Waals surface area contributed by atoms with Gasteiger partial charge in [-0.2, -0.15) is 0 Å². The van der Waals surface area contributed by atoms with Crippen molar-refractivity contribution in [3.05, 3.63) is 95.1 Å². The summed E-state index contributed by atoms with van der Waals surface area (Å²) in [7, 11) is 0. The van der Waals surface area contributed by atoms with Gasteiger partial charge in [0.25, 0.3) is 0 Å². The molecule has 2 N–H and O–H groups in total. The molecule has 0 aliphatic carbocycles. The van der Waals surface area contributed by atoms with E-state index in [2.05, 4.69) is 35.9 Å². The van der Waals surface area contributed by atoms with Crippen LogP contribution in [0.25, 0.3) is 10.9 Å². The Labute approximate surface area is 218 Å². The van der Waals surface area contributed by atoms with Crippen molar-refractivity contribution in [3.63, 3.8) is 0 Å². The number of ether oxygens (including phenoxy) is 1. The number of aromatic hydroxyl groups is 1. The first-order valence-electron chi connectivity index (χ1n) is 13.0. The van der Waals surface area contributed by atoms with E-state index in [1.807, 2.05) is 48.5 Å². The highest BCUT2D eigenvalue weighted by atomic mass is 16.5. The fourth-order valence-electron chi connectivity index (χ4n) is 4.59. The predicted octanol–water partition coefficient (Wildman–Crippen LogP) is 6.84. The van der Waals surface area contributed by atoms with Crippen LogP contribution in [0.5, 0.6) is 5.88 Å². The predicted molar refractivity (Wildman–Crippen MR) is 150 cm³/mol.